The lowest BCUT2D eigenvalue weighted by Crippen LogP contribution is -2.44. The summed E-state index contributed by atoms with van der Waals surface area (Å²) in [4.78, 5) is 20.0. The Bertz CT molecular complexity index is 605. The highest BCUT2D eigenvalue weighted by Crippen LogP contribution is 2.24. The quantitative estimate of drug-likeness (QED) is 0.314. The summed E-state index contributed by atoms with van der Waals surface area (Å²) in [6.07, 6.45) is 7.94. The number of guanidine groups is 1. The number of rotatable bonds is 4. The Balaban J connectivity index is 0.00000208. The first-order valence-electron chi connectivity index (χ1n) is 8.21. The molecule has 1 aliphatic heterocycles. The molecule has 1 aliphatic carbocycles. The molecule has 0 unspecified atom stereocenters. The maximum atomic E-state index is 12.4. The molecule has 0 saturated heterocycles. The number of fused-ring (bicyclic) bond motifs is 1. The fourth-order valence-corrected chi connectivity index (χ4v) is 3.92. The van der Waals surface area contributed by atoms with E-state index >= 15 is 0 Å². The van der Waals surface area contributed by atoms with Crippen molar-refractivity contribution in [1.29, 1.82) is 0 Å². The number of thiophene rings is 1. The summed E-state index contributed by atoms with van der Waals surface area (Å²) in [6, 6.07) is 2.56. The minimum absolute atomic E-state index is 0. The van der Waals surface area contributed by atoms with Gasteiger partial charge in [-0.3, -0.25) is 9.79 Å². The molecule has 2 heterocycles. The van der Waals surface area contributed by atoms with Gasteiger partial charge in [-0.1, -0.05) is 12.2 Å². The Morgan fingerprint density at radius 2 is 2.21 bits per heavy atom. The highest BCUT2D eigenvalue weighted by molar-refractivity contribution is 14.0. The Hall–Kier alpha value is -1.09. The third-order valence-electron chi connectivity index (χ3n) is 4.36. The van der Waals surface area contributed by atoms with E-state index in [2.05, 4.69) is 39.2 Å². The van der Waals surface area contributed by atoms with E-state index in [9.17, 15) is 4.79 Å². The van der Waals surface area contributed by atoms with Crippen LogP contribution in [-0.2, 0) is 17.8 Å². The minimum Gasteiger partial charge on any atom is -0.356 e. The summed E-state index contributed by atoms with van der Waals surface area (Å²) in [5, 5.41) is 8.75. The van der Waals surface area contributed by atoms with E-state index in [1.165, 1.54) is 10.4 Å². The second kappa shape index (κ2) is 9.41. The van der Waals surface area contributed by atoms with Crippen LogP contribution in [-0.4, -0.2) is 42.9 Å². The molecular formula is C17H25IN4OS. The van der Waals surface area contributed by atoms with Crippen LogP contribution >= 0.6 is 35.3 Å². The monoisotopic (exact) mass is 460 g/mol. The molecule has 24 heavy (non-hydrogen) atoms. The fourth-order valence-electron chi connectivity index (χ4n) is 3.03. The maximum Gasteiger partial charge on any atom is 0.224 e. The molecule has 3 rings (SSSR count). The van der Waals surface area contributed by atoms with Gasteiger partial charge < -0.3 is 15.5 Å². The van der Waals surface area contributed by atoms with Crippen LogP contribution in [0.1, 0.15) is 29.7 Å². The van der Waals surface area contributed by atoms with Crippen molar-refractivity contribution in [3.63, 3.8) is 0 Å². The van der Waals surface area contributed by atoms with Gasteiger partial charge in [0.1, 0.15) is 0 Å². The Labute approximate surface area is 164 Å². The van der Waals surface area contributed by atoms with Gasteiger partial charge in [-0.2, -0.15) is 0 Å². The molecule has 7 heteroatoms. The second-order valence-corrected chi connectivity index (χ2v) is 6.97. The number of carbonyl (C=O) groups excluding carboxylic acids is 1. The maximum absolute atomic E-state index is 12.4. The van der Waals surface area contributed by atoms with Crippen LogP contribution < -0.4 is 10.6 Å². The summed E-state index contributed by atoms with van der Waals surface area (Å²) in [5.74, 6) is 0.998. The average Bonchev–Trinajstić information content (AvgIpc) is 3.24. The van der Waals surface area contributed by atoms with Crippen LogP contribution in [0.3, 0.4) is 0 Å². The van der Waals surface area contributed by atoms with E-state index < -0.39 is 0 Å². The zero-order valence-corrected chi connectivity index (χ0v) is 17.1. The van der Waals surface area contributed by atoms with Crippen LogP contribution in [0, 0.1) is 0 Å². The van der Waals surface area contributed by atoms with Gasteiger partial charge in [0.2, 0.25) is 5.91 Å². The average molecular weight is 460 g/mol. The van der Waals surface area contributed by atoms with Crippen molar-refractivity contribution in [1.82, 2.24) is 15.5 Å². The Kier molecular flexibility index (Phi) is 7.54. The predicted octanol–water partition coefficient (Wildman–Crippen LogP) is 2.52. The SMILES string of the molecule is CN=C(NCCC(=O)N1CCc2sccc2C1)NC1CC=CC1.I. The number of nitrogens with one attached hydrogen (secondary N) is 2. The van der Waals surface area contributed by atoms with Crippen molar-refractivity contribution < 1.29 is 4.79 Å². The van der Waals surface area contributed by atoms with Gasteiger partial charge in [0.25, 0.3) is 0 Å². The molecule has 2 N–H and O–H groups in total. The molecule has 5 nitrogen and oxygen atoms in total. The van der Waals surface area contributed by atoms with E-state index in [1.54, 1.807) is 18.4 Å². The van der Waals surface area contributed by atoms with Gasteiger partial charge in [-0.25, -0.2) is 0 Å². The second-order valence-electron chi connectivity index (χ2n) is 5.97. The van der Waals surface area contributed by atoms with Gasteiger partial charge in [0.15, 0.2) is 5.96 Å². The number of carbonyl (C=O) groups is 1. The number of hydrogen-bond donors (Lipinski definition) is 2. The summed E-state index contributed by atoms with van der Waals surface area (Å²) in [5.41, 5.74) is 1.31. The largest absolute Gasteiger partial charge is 0.356 e. The molecule has 0 radical (unpaired) electrons. The molecule has 1 aromatic heterocycles. The van der Waals surface area contributed by atoms with Crippen molar-refractivity contribution in [3.05, 3.63) is 34.0 Å². The summed E-state index contributed by atoms with van der Waals surface area (Å²) < 4.78 is 0. The molecule has 2 aliphatic rings. The highest BCUT2D eigenvalue weighted by Gasteiger charge is 2.21. The first kappa shape index (κ1) is 19.2. The summed E-state index contributed by atoms with van der Waals surface area (Å²) >= 11 is 1.80. The van der Waals surface area contributed by atoms with E-state index in [1.807, 2.05) is 4.90 Å². The lowest BCUT2D eigenvalue weighted by Gasteiger charge is -2.27. The minimum atomic E-state index is 0. The normalized spacial score (nSPS) is 17.4. The lowest BCUT2D eigenvalue weighted by molar-refractivity contribution is -0.131. The number of amides is 1. The van der Waals surface area contributed by atoms with Crippen LogP contribution in [0.5, 0.6) is 0 Å². The van der Waals surface area contributed by atoms with Crippen molar-refractivity contribution in [2.24, 2.45) is 4.99 Å². The summed E-state index contributed by atoms with van der Waals surface area (Å²) in [7, 11) is 1.77. The topological polar surface area (TPSA) is 56.7 Å². The lowest BCUT2D eigenvalue weighted by atomic mass is 10.1. The molecule has 1 aromatic rings. The van der Waals surface area contributed by atoms with E-state index in [0.717, 1.165) is 38.3 Å². The smallest absolute Gasteiger partial charge is 0.224 e. The number of aliphatic imine (C=N–C) groups is 1. The highest BCUT2D eigenvalue weighted by atomic mass is 127. The van der Waals surface area contributed by atoms with Crippen molar-refractivity contribution >= 4 is 47.2 Å². The van der Waals surface area contributed by atoms with E-state index in [0.29, 0.717) is 19.0 Å². The van der Waals surface area contributed by atoms with Crippen LogP contribution in [0.4, 0.5) is 0 Å². The molecular weight excluding hydrogens is 435 g/mol. The molecule has 132 valence electrons. The van der Waals surface area contributed by atoms with Crippen LogP contribution in [0.25, 0.3) is 0 Å². The van der Waals surface area contributed by atoms with E-state index in [-0.39, 0.29) is 29.9 Å². The molecule has 0 fully saturated rings. The van der Waals surface area contributed by atoms with E-state index in [4.69, 9.17) is 0 Å². The third-order valence-corrected chi connectivity index (χ3v) is 5.39. The Morgan fingerprint density at radius 3 is 2.96 bits per heavy atom. The van der Waals surface area contributed by atoms with Crippen molar-refractivity contribution in [2.75, 3.05) is 20.1 Å². The van der Waals surface area contributed by atoms with Crippen molar-refractivity contribution in [3.8, 4) is 0 Å². The first-order chi connectivity index (χ1) is 11.3. The predicted molar refractivity (Wildman–Crippen MR) is 110 cm³/mol. The molecule has 0 saturated carbocycles. The van der Waals surface area contributed by atoms with Crippen LogP contribution in [0.15, 0.2) is 28.6 Å². The summed E-state index contributed by atoms with van der Waals surface area (Å²) in [6.45, 7) is 2.22. The molecule has 1 amide bonds. The third kappa shape index (κ3) is 4.95. The number of nitrogens with zero attached hydrogens (tertiary/aromatic N) is 2. The number of hydrogen-bond acceptors (Lipinski definition) is 3. The fraction of sp³-hybridized carbons (Fsp3) is 0.529. The van der Waals surface area contributed by atoms with Gasteiger partial charge in [-0.15, -0.1) is 35.3 Å². The van der Waals surface area contributed by atoms with Crippen molar-refractivity contribution in [2.45, 2.75) is 38.3 Å². The first-order valence-corrected chi connectivity index (χ1v) is 9.09. The zero-order valence-electron chi connectivity index (χ0n) is 14.0. The van der Waals surface area contributed by atoms with Gasteiger partial charge in [0.05, 0.1) is 0 Å². The van der Waals surface area contributed by atoms with Gasteiger partial charge in [0, 0.05) is 44.0 Å². The van der Waals surface area contributed by atoms with Crippen LogP contribution in [0.2, 0.25) is 0 Å². The molecule has 0 bridgehead atoms. The van der Waals surface area contributed by atoms with Gasteiger partial charge in [-0.05, 0) is 36.3 Å². The molecule has 0 atom stereocenters. The zero-order chi connectivity index (χ0) is 16.1. The number of halogens is 1. The Morgan fingerprint density at radius 1 is 1.42 bits per heavy atom. The van der Waals surface area contributed by atoms with Gasteiger partial charge >= 0.3 is 0 Å². The molecule has 0 spiro atoms. The standard InChI is InChI=1S/C17H24N4OS.HI/c1-18-17(20-14-4-2-3-5-14)19-9-6-16(22)21-10-7-15-13(12-21)8-11-23-15;/h2-3,8,11,14H,4-7,9-10,12H2,1H3,(H2,18,19,20);1H. The molecule has 0 aromatic carbocycles.